The van der Waals surface area contributed by atoms with Gasteiger partial charge in [-0.1, -0.05) is 18.9 Å². The number of carbonyl (C=O) groups is 1. The van der Waals surface area contributed by atoms with Gasteiger partial charge in [-0.3, -0.25) is 4.79 Å². The van der Waals surface area contributed by atoms with E-state index < -0.39 is 11.6 Å². The standard InChI is InChI=1S/C18H18F2N6O/c19-13-6-3-7-14(20)16(13)26-17(23-24-25-26)12-8-15(21-10-12)18(27)22-9-11-4-1-2-5-11/h3,6-8,10-11,21H,1-2,4-5,9H2,(H,22,27). The Morgan fingerprint density at radius 2 is 2.00 bits per heavy atom. The zero-order valence-electron chi connectivity index (χ0n) is 14.5. The normalized spacial score (nSPS) is 14.6. The van der Waals surface area contributed by atoms with E-state index in [2.05, 4.69) is 25.8 Å². The Morgan fingerprint density at radius 3 is 2.74 bits per heavy atom. The number of H-pyrrole nitrogens is 1. The lowest BCUT2D eigenvalue weighted by molar-refractivity contribution is 0.0943. The summed E-state index contributed by atoms with van der Waals surface area (Å²) in [6.07, 6.45) is 6.23. The maximum Gasteiger partial charge on any atom is 0.267 e. The van der Waals surface area contributed by atoms with E-state index in [1.54, 1.807) is 6.07 Å². The third kappa shape index (κ3) is 3.44. The number of hydrogen-bond donors (Lipinski definition) is 2. The van der Waals surface area contributed by atoms with Gasteiger partial charge in [-0.25, -0.2) is 8.78 Å². The van der Waals surface area contributed by atoms with Crippen molar-refractivity contribution in [1.29, 1.82) is 0 Å². The van der Waals surface area contributed by atoms with E-state index in [0.29, 0.717) is 23.7 Å². The summed E-state index contributed by atoms with van der Waals surface area (Å²) >= 11 is 0. The SMILES string of the molecule is O=C(NCC1CCCC1)c1cc(-c2nnnn2-c2c(F)cccc2F)c[nH]1. The molecule has 2 N–H and O–H groups in total. The Kier molecular flexibility index (Phi) is 4.66. The number of rotatable bonds is 5. The Hall–Kier alpha value is -3.10. The molecule has 4 rings (SSSR count). The van der Waals surface area contributed by atoms with Crippen LogP contribution in [-0.2, 0) is 0 Å². The van der Waals surface area contributed by atoms with Crippen LogP contribution in [0.3, 0.4) is 0 Å². The molecule has 0 bridgehead atoms. The van der Waals surface area contributed by atoms with Crippen LogP contribution >= 0.6 is 0 Å². The molecule has 0 aliphatic heterocycles. The molecule has 3 aromatic rings. The van der Waals surface area contributed by atoms with Gasteiger partial charge in [-0.2, -0.15) is 4.68 Å². The van der Waals surface area contributed by atoms with Crippen molar-refractivity contribution in [3.8, 4) is 17.1 Å². The number of halogens is 2. The molecule has 1 amide bonds. The fraction of sp³-hybridized carbons (Fsp3) is 0.333. The van der Waals surface area contributed by atoms with Crippen LogP contribution in [0.4, 0.5) is 8.78 Å². The molecule has 9 heteroatoms. The van der Waals surface area contributed by atoms with Crippen molar-refractivity contribution >= 4 is 5.91 Å². The predicted octanol–water partition coefficient (Wildman–Crippen LogP) is 2.86. The second-order valence-corrected chi connectivity index (χ2v) is 6.65. The van der Waals surface area contributed by atoms with Crippen LogP contribution in [0.2, 0.25) is 0 Å². The number of hydrogen-bond acceptors (Lipinski definition) is 4. The molecule has 7 nitrogen and oxygen atoms in total. The van der Waals surface area contributed by atoms with E-state index in [4.69, 9.17) is 0 Å². The lowest BCUT2D eigenvalue weighted by Gasteiger charge is -2.09. The van der Waals surface area contributed by atoms with Crippen molar-refractivity contribution in [2.75, 3.05) is 6.54 Å². The summed E-state index contributed by atoms with van der Waals surface area (Å²) in [5.74, 6) is -1.14. The molecule has 140 valence electrons. The first-order valence-electron chi connectivity index (χ1n) is 8.83. The fourth-order valence-corrected chi connectivity index (χ4v) is 3.41. The number of aromatic nitrogens is 5. The van der Waals surface area contributed by atoms with Gasteiger partial charge in [0, 0.05) is 18.3 Å². The summed E-state index contributed by atoms with van der Waals surface area (Å²) in [6, 6.07) is 5.08. The quantitative estimate of drug-likeness (QED) is 0.721. The zero-order valence-corrected chi connectivity index (χ0v) is 14.5. The molecule has 1 aliphatic carbocycles. The highest BCUT2D eigenvalue weighted by Gasteiger charge is 2.21. The molecule has 2 aromatic heterocycles. The zero-order chi connectivity index (χ0) is 18.8. The summed E-state index contributed by atoms with van der Waals surface area (Å²) in [6.45, 7) is 0.644. The first-order valence-corrected chi connectivity index (χ1v) is 8.83. The van der Waals surface area contributed by atoms with Crippen LogP contribution in [0.1, 0.15) is 36.2 Å². The highest BCUT2D eigenvalue weighted by Crippen LogP contribution is 2.25. The van der Waals surface area contributed by atoms with Crippen molar-refractivity contribution < 1.29 is 13.6 Å². The van der Waals surface area contributed by atoms with Gasteiger partial charge in [-0.15, -0.1) is 5.10 Å². The van der Waals surface area contributed by atoms with Crippen molar-refractivity contribution in [3.05, 3.63) is 47.8 Å². The first-order chi connectivity index (χ1) is 13.1. The molecule has 1 aromatic carbocycles. The number of benzene rings is 1. The maximum atomic E-state index is 14.1. The van der Waals surface area contributed by atoms with Crippen molar-refractivity contribution in [3.63, 3.8) is 0 Å². The lowest BCUT2D eigenvalue weighted by atomic mass is 10.1. The summed E-state index contributed by atoms with van der Waals surface area (Å²) in [5, 5.41) is 14.0. The fourth-order valence-electron chi connectivity index (χ4n) is 3.41. The molecule has 1 fully saturated rings. The van der Waals surface area contributed by atoms with Crippen molar-refractivity contribution in [2.24, 2.45) is 5.92 Å². The van der Waals surface area contributed by atoms with Gasteiger partial charge in [-0.05, 0) is 47.4 Å². The number of nitrogens with zero attached hydrogens (tertiary/aromatic N) is 4. The van der Waals surface area contributed by atoms with E-state index in [0.717, 1.165) is 29.7 Å². The van der Waals surface area contributed by atoms with Gasteiger partial charge in [0.25, 0.3) is 5.91 Å². The van der Waals surface area contributed by atoms with Crippen LogP contribution in [0.25, 0.3) is 17.1 Å². The molecule has 2 heterocycles. The second-order valence-electron chi connectivity index (χ2n) is 6.65. The van der Waals surface area contributed by atoms with Crippen LogP contribution in [0.5, 0.6) is 0 Å². The molecule has 0 atom stereocenters. The van der Waals surface area contributed by atoms with Crippen LogP contribution in [0, 0.1) is 17.6 Å². The Morgan fingerprint density at radius 1 is 1.26 bits per heavy atom. The summed E-state index contributed by atoms with van der Waals surface area (Å²) in [5.41, 5.74) is 0.422. The van der Waals surface area contributed by atoms with E-state index in [-0.39, 0.29) is 17.4 Å². The maximum absolute atomic E-state index is 14.1. The first kappa shape index (κ1) is 17.3. The highest BCUT2D eigenvalue weighted by molar-refractivity contribution is 5.93. The van der Waals surface area contributed by atoms with Gasteiger partial charge in [0.15, 0.2) is 17.5 Å². The van der Waals surface area contributed by atoms with Crippen LogP contribution < -0.4 is 5.32 Å². The van der Waals surface area contributed by atoms with E-state index >= 15 is 0 Å². The molecule has 27 heavy (non-hydrogen) atoms. The minimum atomic E-state index is -0.784. The van der Waals surface area contributed by atoms with Gasteiger partial charge in [0.05, 0.1) is 0 Å². The second kappa shape index (κ2) is 7.26. The van der Waals surface area contributed by atoms with Gasteiger partial charge >= 0.3 is 0 Å². The summed E-state index contributed by atoms with van der Waals surface area (Å²) < 4.78 is 29.1. The lowest BCUT2D eigenvalue weighted by Crippen LogP contribution is -2.28. The minimum Gasteiger partial charge on any atom is -0.356 e. The Labute approximate surface area is 153 Å². The van der Waals surface area contributed by atoms with Crippen LogP contribution in [0.15, 0.2) is 30.5 Å². The topological polar surface area (TPSA) is 88.5 Å². The van der Waals surface area contributed by atoms with Gasteiger partial charge < -0.3 is 10.3 Å². The largest absolute Gasteiger partial charge is 0.356 e. The van der Waals surface area contributed by atoms with Crippen molar-refractivity contribution in [2.45, 2.75) is 25.7 Å². The molecule has 0 saturated heterocycles. The van der Waals surface area contributed by atoms with Crippen LogP contribution in [-0.4, -0.2) is 37.6 Å². The Bertz CT molecular complexity index is 940. The molecular formula is C18H18F2N6O. The van der Waals surface area contributed by atoms with E-state index in [1.165, 1.54) is 25.1 Å². The molecule has 0 radical (unpaired) electrons. The monoisotopic (exact) mass is 372 g/mol. The third-order valence-electron chi connectivity index (χ3n) is 4.83. The predicted molar refractivity (Wildman–Crippen MR) is 93.1 cm³/mol. The van der Waals surface area contributed by atoms with Crippen molar-refractivity contribution in [1.82, 2.24) is 30.5 Å². The van der Waals surface area contributed by atoms with E-state index in [1.807, 2.05) is 0 Å². The summed E-state index contributed by atoms with van der Waals surface area (Å²) in [4.78, 5) is 15.2. The minimum absolute atomic E-state index is 0.130. The average Bonchev–Trinajstić information content (AvgIpc) is 3.40. The number of nitrogens with one attached hydrogen (secondary N) is 2. The van der Waals surface area contributed by atoms with E-state index in [9.17, 15) is 13.6 Å². The van der Waals surface area contributed by atoms with Gasteiger partial charge in [0.2, 0.25) is 0 Å². The number of tetrazole rings is 1. The number of carbonyl (C=O) groups excluding carboxylic acids is 1. The third-order valence-corrected chi connectivity index (χ3v) is 4.83. The Balaban J connectivity index is 1.56. The molecular weight excluding hydrogens is 354 g/mol. The highest BCUT2D eigenvalue weighted by atomic mass is 19.1. The molecule has 1 aliphatic rings. The smallest absolute Gasteiger partial charge is 0.267 e. The van der Waals surface area contributed by atoms with Gasteiger partial charge in [0.1, 0.15) is 11.4 Å². The summed E-state index contributed by atoms with van der Waals surface area (Å²) in [7, 11) is 0. The molecule has 0 spiro atoms. The number of aromatic amines is 1. The average molecular weight is 372 g/mol. The molecule has 0 unspecified atom stereocenters. The number of para-hydroxylation sites is 1. The number of amides is 1. The molecule has 1 saturated carbocycles.